The summed E-state index contributed by atoms with van der Waals surface area (Å²) in [5.74, 6) is 5.23. The van der Waals surface area contributed by atoms with E-state index in [9.17, 15) is 14.3 Å². The largest absolute Gasteiger partial charge is 0.481 e. The van der Waals surface area contributed by atoms with Gasteiger partial charge in [0, 0.05) is 40.1 Å². The standard InChI is InChI=1S/C35H30FN3O5/c1-21-31(33(34(40)41)44-35(2,3)4)32-22-10-13-26(14-11-22)42-16-5-6-17-43-29-19-25(36)12-15-27(29)23-8-7-9-24(18-23)28-20-30(37-21)39(32)38-28/h7-15,18-20,33H,16-17H2,1-4H3,(H,40,41). The maximum absolute atomic E-state index is 14.2. The SMILES string of the molecule is Cc1nc2cc3nn2c(c1C(OC(C)(C)C)C(=O)O)-c1ccc(cc1)OCC#CCOc1cc(F)ccc1-c1cccc-3c1. The van der Waals surface area contributed by atoms with Crippen molar-refractivity contribution in [2.45, 2.75) is 39.4 Å². The van der Waals surface area contributed by atoms with Crippen LogP contribution >= 0.6 is 0 Å². The third kappa shape index (κ3) is 5.85. The summed E-state index contributed by atoms with van der Waals surface area (Å²) < 4.78 is 33.6. The second kappa shape index (κ2) is 11.5. The average molecular weight is 592 g/mol. The van der Waals surface area contributed by atoms with E-state index in [0.717, 1.165) is 11.1 Å². The van der Waals surface area contributed by atoms with E-state index in [1.54, 1.807) is 29.6 Å². The fourth-order valence-corrected chi connectivity index (χ4v) is 5.20. The van der Waals surface area contributed by atoms with Gasteiger partial charge in [0.2, 0.25) is 0 Å². The Labute approximate surface area is 254 Å². The van der Waals surface area contributed by atoms with E-state index >= 15 is 0 Å². The zero-order valence-corrected chi connectivity index (χ0v) is 24.7. The summed E-state index contributed by atoms with van der Waals surface area (Å²) in [6, 6.07) is 21.2. The molecule has 222 valence electrons. The third-order valence-corrected chi connectivity index (χ3v) is 7.06. The van der Waals surface area contributed by atoms with Gasteiger partial charge in [0.15, 0.2) is 11.8 Å². The van der Waals surface area contributed by atoms with E-state index in [0.29, 0.717) is 50.9 Å². The monoisotopic (exact) mass is 591 g/mol. The highest BCUT2D eigenvalue weighted by molar-refractivity contribution is 5.81. The van der Waals surface area contributed by atoms with E-state index in [1.807, 2.05) is 63.2 Å². The molecule has 0 saturated carbocycles. The zero-order chi connectivity index (χ0) is 31.0. The van der Waals surface area contributed by atoms with Crippen LogP contribution in [0.5, 0.6) is 11.5 Å². The van der Waals surface area contributed by atoms with E-state index in [4.69, 9.17) is 24.3 Å². The van der Waals surface area contributed by atoms with Gasteiger partial charge in [-0.05, 0) is 75.7 Å². The molecule has 1 N–H and O–H groups in total. The van der Waals surface area contributed by atoms with Crippen LogP contribution in [-0.2, 0) is 9.53 Å². The van der Waals surface area contributed by atoms with E-state index < -0.39 is 23.5 Å². The summed E-state index contributed by atoms with van der Waals surface area (Å²) in [5, 5.41) is 15.3. The van der Waals surface area contributed by atoms with Gasteiger partial charge >= 0.3 is 5.97 Å². The van der Waals surface area contributed by atoms with Crippen LogP contribution in [0.15, 0.2) is 72.8 Å². The quantitative estimate of drug-likeness (QED) is 0.228. The van der Waals surface area contributed by atoms with Crippen molar-refractivity contribution < 1.29 is 28.5 Å². The molecule has 0 fully saturated rings. The number of fused-ring (bicyclic) bond motifs is 6. The minimum absolute atomic E-state index is 0.0574. The Morgan fingerprint density at radius 1 is 0.977 bits per heavy atom. The van der Waals surface area contributed by atoms with Gasteiger partial charge in [0.05, 0.1) is 17.0 Å². The molecule has 44 heavy (non-hydrogen) atoms. The molecule has 0 saturated heterocycles. The van der Waals surface area contributed by atoms with Gasteiger partial charge in [-0.25, -0.2) is 18.7 Å². The molecule has 0 aliphatic carbocycles. The minimum Gasteiger partial charge on any atom is -0.481 e. The number of nitrogens with zero attached hydrogens (tertiary/aromatic N) is 3. The van der Waals surface area contributed by atoms with Gasteiger partial charge < -0.3 is 19.3 Å². The molecule has 6 bridgehead atoms. The van der Waals surface area contributed by atoms with Crippen molar-refractivity contribution in [3.63, 3.8) is 0 Å². The molecule has 0 radical (unpaired) electrons. The molecule has 0 spiro atoms. The Morgan fingerprint density at radius 3 is 2.43 bits per heavy atom. The Kier molecular flexibility index (Phi) is 7.53. The van der Waals surface area contributed by atoms with Gasteiger partial charge in [0.25, 0.3) is 0 Å². The van der Waals surface area contributed by atoms with Crippen molar-refractivity contribution in [3.8, 4) is 57.0 Å². The van der Waals surface area contributed by atoms with Crippen molar-refractivity contribution in [2.24, 2.45) is 0 Å². The highest BCUT2D eigenvalue weighted by Gasteiger charge is 2.33. The lowest BCUT2D eigenvalue weighted by Crippen LogP contribution is -2.29. The molecule has 2 aromatic heterocycles. The summed E-state index contributed by atoms with van der Waals surface area (Å²) in [5.41, 5.74) is 4.87. The first kappa shape index (κ1) is 28.9. The third-order valence-electron chi connectivity index (χ3n) is 7.06. The number of carbonyl (C=O) groups is 1. The van der Waals surface area contributed by atoms with Gasteiger partial charge in [-0.15, -0.1) is 0 Å². The van der Waals surface area contributed by atoms with Gasteiger partial charge in [-0.2, -0.15) is 5.10 Å². The van der Waals surface area contributed by atoms with Crippen LogP contribution < -0.4 is 9.47 Å². The molecular weight excluding hydrogens is 561 g/mol. The molecule has 8 nitrogen and oxygen atoms in total. The predicted octanol–water partition coefficient (Wildman–Crippen LogP) is 6.89. The predicted molar refractivity (Wildman–Crippen MR) is 164 cm³/mol. The first-order valence-electron chi connectivity index (χ1n) is 14.1. The van der Waals surface area contributed by atoms with Crippen LogP contribution in [-0.4, -0.2) is 44.5 Å². The molecular formula is C35H30FN3O5. The molecule has 1 unspecified atom stereocenters. The number of aliphatic carboxylic acids is 1. The first-order chi connectivity index (χ1) is 21.1. The number of halogens is 1. The lowest BCUT2D eigenvalue weighted by molar-refractivity contribution is -0.160. The number of hydrogen-bond donors (Lipinski definition) is 1. The van der Waals surface area contributed by atoms with Crippen LogP contribution in [0.2, 0.25) is 0 Å². The summed E-state index contributed by atoms with van der Waals surface area (Å²) in [6.07, 6.45) is -1.30. The molecule has 9 heteroatoms. The highest BCUT2D eigenvalue weighted by atomic mass is 19.1. The molecule has 7 rings (SSSR count). The lowest BCUT2D eigenvalue weighted by atomic mass is 9.98. The summed E-state index contributed by atoms with van der Waals surface area (Å²) in [6.45, 7) is 7.39. The normalized spacial score (nSPS) is 13.5. The van der Waals surface area contributed by atoms with E-state index in [1.165, 1.54) is 12.1 Å². The number of carboxylic acid groups (broad SMARTS) is 1. The summed E-state index contributed by atoms with van der Waals surface area (Å²) >= 11 is 0. The van der Waals surface area contributed by atoms with Gasteiger partial charge in [-0.3, -0.25) is 0 Å². The summed E-state index contributed by atoms with van der Waals surface area (Å²) in [4.78, 5) is 17.4. The van der Waals surface area contributed by atoms with E-state index in [2.05, 4.69) is 11.8 Å². The molecule has 0 amide bonds. The summed E-state index contributed by atoms with van der Waals surface area (Å²) in [7, 11) is 0. The molecule has 3 aromatic carbocycles. The topological polar surface area (TPSA) is 95.2 Å². The minimum atomic E-state index is -1.30. The smallest absolute Gasteiger partial charge is 0.337 e. The fourth-order valence-electron chi connectivity index (χ4n) is 5.20. The fraction of sp³-hybridized carbons (Fsp3) is 0.229. The van der Waals surface area contributed by atoms with Crippen molar-refractivity contribution in [1.29, 1.82) is 0 Å². The molecule has 2 aliphatic rings. The Balaban J connectivity index is 1.61. The maximum Gasteiger partial charge on any atom is 0.337 e. The number of rotatable bonds is 3. The number of hydrogen-bond acceptors (Lipinski definition) is 6. The lowest BCUT2D eigenvalue weighted by Gasteiger charge is -2.27. The van der Waals surface area contributed by atoms with Crippen LogP contribution in [0.4, 0.5) is 4.39 Å². The van der Waals surface area contributed by atoms with Gasteiger partial charge in [0.1, 0.15) is 30.5 Å². The van der Waals surface area contributed by atoms with Crippen molar-refractivity contribution in [1.82, 2.24) is 14.6 Å². The first-order valence-corrected chi connectivity index (χ1v) is 14.1. The van der Waals surface area contributed by atoms with Crippen molar-refractivity contribution >= 4 is 11.6 Å². The second-order valence-electron chi connectivity index (χ2n) is 11.4. The van der Waals surface area contributed by atoms with Gasteiger partial charge in [-0.1, -0.05) is 30.0 Å². The number of benzene rings is 3. The van der Waals surface area contributed by atoms with E-state index in [-0.39, 0.29) is 13.2 Å². The Hall–Kier alpha value is -5.20. The number of carboxylic acids is 1. The maximum atomic E-state index is 14.2. The average Bonchev–Trinajstić information content (AvgIpc) is 3.40. The molecule has 1 atom stereocenters. The molecule has 5 aromatic rings. The van der Waals surface area contributed by atoms with Crippen molar-refractivity contribution in [3.05, 3.63) is 89.9 Å². The van der Waals surface area contributed by atoms with Crippen LogP contribution in [0.25, 0.3) is 39.3 Å². The number of aryl methyl sites for hydroxylation is 1. The molecule has 4 heterocycles. The number of aromatic nitrogens is 3. The highest BCUT2D eigenvalue weighted by Crippen LogP contribution is 2.38. The Bertz CT molecular complexity index is 1950. The Morgan fingerprint density at radius 2 is 1.70 bits per heavy atom. The molecule has 2 aliphatic heterocycles. The van der Waals surface area contributed by atoms with Crippen LogP contribution in [0.3, 0.4) is 0 Å². The second-order valence-corrected chi connectivity index (χ2v) is 11.4. The zero-order valence-electron chi connectivity index (χ0n) is 24.7. The number of ether oxygens (including phenoxy) is 3. The van der Waals surface area contributed by atoms with Crippen molar-refractivity contribution in [2.75, 3.05) is 13.2 Å². The van der Waals surface area contributed by atoms with Crippen LogP contribution in [0.1, 0.15) is 38.1 Å². The van der Waals surface area contributed by atoms with Crippen LogP contribution in [0, 0.1) is 24.6 Å².